The van der Waals surface area contributed by atoms with Gasteiger partial charge in [-0.1, -0.05) is 52.2 Å². The molecule has 6 heteroatoms. The van der Waals surface area contributed by atoms with Crippen LogP contribution in [0, 0.1) is 12.7 Å². The normalized spacial score (nSPS) is 13.4. The largest absolute Gasteiger partial charge is 0.330 e. The zero-order valence-electron chi connectivity index (χ0n) is 21.1. The van der Waals surface area contributed by atoms with Gasteiger partial charge in [0.15, 0.2) is 0 Å². The molecule has 1 unspecified atom stereocenters. The van der Waals surface area contributed by atoms with Crippen molar-refractivity contribution in [3.8, 4) is 22.4 Å². The number of pyridine rings is 1. The van der Waals surface area contributed by atoms with E-state index in [0.717, 1.165) is 40.2 Å². The van der Waals surface area contributed by atoms with Crippen LogP contribution in [0.3, 0.4) is 0 Å². The summed E-state index contributed by atoms with van der Waals surface area (Å²) in [5.74, 6) is -0.209. The number of hydrogen-bond acceptors (Lipinski definition) is 5. The monoisotopic (exact) mass is 463 g/mol. The van der Waals surface area contributed by atoms with Gasteiger partial charge in [0.05, 0.1) is 11.4 Å². The van der Waals surface area contributed by atoms with E-state index in [4.69, 9.17) is 5.73 Å². The van der Waals surface area contributed by atoms with Crippen LogP contribution in [0.5, 0.6) is 0 Å². The molecule has 3 aromatic rings. The van der Waals surface area contributed by atoms with Gasteiger partial charge in [-0.05, 0) is 74.5 Å². The van der Waals surface area contributed by atoms with Crippen molar-refractivity contribution in [3.05, 3.63) is 71.7 Å². The maximum Gasteiger partial charge on any atom is 0.149 e. The van der Waals surface area contributed by atoms with Crippen LogP contribution in [-0.4, -0.2) is 18.6 Å². The van der Waals surface area contributed by atoms with E-state index >= 15 is 0 Å². The van der Waals surface area contributed by atoms with Crippen molar-refractivity contribution in [1.29, 1.82) is 0 Å². The Kier molecular flexibility index (Phi) is 11.5. The molecule has 0 saturated carbocycles. The molecule has 4 rings (SSSR count). The number of fused-ring (bicyclic) bond motifs is 1. The van der Waals surface area contributed by atoms with Gasteiger partial charge in [-0.15, -0.1) is 0 Å². The second kappa shape index (κ2) is 14.3. The first-order chi connectivity index (χ1) is 16.5. The Bertz CT molecular complexity index is 1060. The number of aryl methyl sites for hydroxylation is 1. The fraction of sp³-hybridized carbons (Fsp3) is 0.393. The predicted octanol–water partition coefficient (Wildman–Crippen LogP) is 7.73. The highest BCUT2D eigenvalue weighted by atomic mass is 19.1. The summed E-state index contributed by atoms with van der Waals surface area (Å²) < 4.78 is 13.6. The third-order valence-electron chi connectivity index (χ3n) is 5.23. The van der Waals surface area contributed by atoms with E-state index < -0.39 is 0 Å². The van der Waals surface area contributed by atoms with E-state index in [1.807, 2.05) is 37.4 Å². The minimum Gasteiger partial charge on any atom is -0.330 e. The molecule has 0 radical (unpaired) electrons. The topological polar surface area (TPSA) is 75.7 Å². The molecule has 182 valence electrons. The summed E-state index contributed by atoms with van der Waals surface area (Å²) in [5.41, 5.74) is 11.5. The van der Waals surface area contributed by atoms with Crippen molar-refractivity contribution in [1.82, 2.24) is 10.3 Å². The van der Waals surface area contributed by atoms with Crippen molar-refractivity contribution < 1.29 is 4.39 Å². The van der Waals surface area contributed by atoms with Crippen molar-refractivity contribution in [2.75, 3.05) is 13.6 Å². The van der Waals surface area contributed by atoms with E-state index in [9.17, 15) is 4.39 Å². The zero-order chi connectivity index (χ0) is 24.9. The summed E-state index contributed by atoms with van der Waals surface area (Å²) >= 11 is 0. The van der Waals surface area contributed by atoms with Crippen LogP contribution in [0.2, 0.25) is 0 Å². The molecule has 1 atom stereocenters. The van der Waals surface area contributed by atoms with Gasteiger partial charge >= 0.3 is 0 Å². The molecule has 1 aromatic heterocycles. The minimum atomic E-state index is -0.209. The predicted molar refractivity (Wildman–Crippen MR) is 141 cm³/mol. The molecule has 3 N–H and O–H groups in total. The molecule has 2 heterocycles. The van der Waals surface area contributed by atoms with Crippen LogP contribution in [0.1, 0.15) is 63.7 Å². The van der Waals surface area contributed by atoms with Gasteiger partial charge in [-0.3, -0.25) is 10.3 Å². The van der Waals surface area contributed by atoms with Crippen molar-refractivity contribution >= 4 is 5.69 Å². The smallest absolute Gasteiger partial charge is 0.149 e. The van der Waals surface area contributed by atoms with Crippen LogP contribution in [0.15, 0.2) is 65.0 Å². The molecule has 34 heavy (non-hydrogen) atoms. The van der Waals surface area contributed by atoms with Crippen LogP contribution in [-0.2, 0) is 0 Å². The fourth-order valence-electron chi connectivity index (χ4n) is 3.48. The van der Waals surface area contributed by atoms with Crippen LogP contribution < -0.4 is 11.1 Å². The molecule has 1 aliphatic rings. The minimum absolute atomic E-state index is 0.122. The molecule has 5 nitrogen and oxygen atoms in total. The summed E-state index contributed by atoms with van der Waals surface area (Å²) in [4.78, 5) is 4.54. The van der Waals surface area contributed by atoms with E-state index in [-0.39, 0.29) is 12.0 Å². The van der Waals surface area contributed by atoms with E-state index in [1.54, 1.807) is 19.2 Å². The van der Waals surface area contributed by atoms with Gasteiger partial charge in [0.25, 0.3) is 0 Å². The van der Waals surface area contributed by atoms with Crippen molar-refractivity contribution in [2.24, 2.45) is 16.0 Å². The van der Waals surface area contributed by atoms with E-state index in [0.29, 0.717) is 5.56 Å². The van der Waals surface area contributed by atoms with Crippen LogP contribution >= 0.6 is 0 Å². The molecule has 2 aromatic carbocycles. The second-order valence-electron chi connectivity index (χ2n) is 8.25. The third kappa shape index (κ3) is 7.27. The number of aromatic nitrogens is 1. The zero-order valence-corrected chi connectivity index (χ0v) is 21.1. The Morgan fingerprint density at radius 1 is 1.00 bits per heavy atom. The molecule has 1 aliphatic heterocycles. The maximum absolute atomic E-state index is 13.6. The Balaban J connectivity index is 0.000000391. The van der Waals surface area contributed by atoms with Gasteiger partial charge in [0.2, 0.25) is 0 Å². The summed E-state index contributed by atoms with van der Waals surface area (Å²) in [6.45, 7) is 9.04. The third-order valence-corrected chi connectivity index (χ3v) is 5.23. The molecule has 0 bridgehead atoms. The average molecular weight is 464 g/mol. The molecule has 0 saturated heterocycles. The molecular formula is C28H38FN5. The number of azo groups is 1. The molecule has 0 amide bonds. The summed E-state index contributed by atoms with van der Waals surface area (Å²) in [5, 5.41) is 11.5. The standard InChI is InChI=1S/C20H17FN4.C5H13N.C3H8/c1-12-10-14(5-7-17(12)21)19-15(4-3-9-23-19)13-6-8-18-16(11-13)20(22-2)25-24-18;1-2-3-4-5-6;1-3-2/h3-11,20,22H,1-2H3;2-6H2,1H3;3H2,1-2H3. The Hall–Kier alpha value is -2.96. The highest BCUT2D eigenvalue weighted by molar-refractivity contribution is 5.82. The fourth-order valence-corrected chi connectivity index (χ4v) is 3.48. The van der Waals surface area contributed by atoms with Crippen LogP contribution in [0.4, 0.5) is 10.1 Å². The first-order valence-corrected chi connectivity index (χ1v) is 12.1. The molecule has 0 fully saturated rings. The number of hydrogen-bond donors (Lipinski definition) is 2. The van der Waals surface area contributed by atoms with E-state index in [2.05, 4.69) is 47.4 Å². The quantitative estimate of drug-likeness (QED) is 0.367. The number of halogens is 1. The van der Waals surface area contributed by atoms with Gasteiger partial charge in [-0.2, -0.15) is 10.2 Å². The number of benzene rings is 2. The second-order valence-corrected chi connectivity index (χ2v) is 8.25. The summed E-state index contributed by atoms with van der Waals surface area (Å²) in [7, 11) is 1.86. The summed E-state index contributed by atoms with van der Waals surface area (Å²) in [6, 6.07) is 15.1. The van der Waals surface area contributed by atoms with Gasteiger partial charge in [0.1, 0.15) is 12.0 Å². The Morgan fingerprint density at radius 3 is 2.35 bits per heavy atom. The van der Waals surface area contributed by atoms with Crippen LogP contribution in [0.25, 0.3) is 22.4 Å². The lowest BCUT2D eigenvalue weighted by atomic mass is 9.96. The number of unbranched alkanes of at least 4 members (excludes halogenated alkanes) is 2. The number of nitrogens with two attached hydrogens (primary N) is 1. The Morgan fingerprint density at radius 2 is 1.74 bits per heavy atom. The first kappa shape index (κ1) is 27.3. The molecular weight excluding hydrogens is 425 g/mol. The first-order valence-electron chi connectivity index (χ1n) is 12.1. The average Bonchev–Trinajstić information content (AvgIpc) is 3.28. The van der Waals surface area contributed by atoms with Gasteiger partial charge in [-0.25, -0.2) is 4.39 Å². The van der Waals surface area contributed by atoms with Crippen molar-refractivity contribution in [2.45, 2.75) is 59.5 Å². The number of nitrogens with one attached hydrogen (secondary N) is 1. The number of rotatable bonds is 6. The highest BCUT2D eigenvalue weighted by Gasteiger charge is 2.20. The molecule has 0 aliphatic carbocycles. The SMILES string of the molecule is CCC.CCCCCN.CNC1N=Nc2ccc(-c3cccnc3-c3ccc(F)c(C)c3)cc21. The highest BCUT2D eigenvalue weighted by Crippen LogP contribution is 2.38. The summed E-state index contributed by atoms with van der Waals surface area (Å²) in [6.07, 6.45) is 6.64. The lowest BCUT2D eigenvalue weighted by molar-refractivity contribution is 0.619. The van der Waals surface area contributed by atoms with E-state index in [1.165, 1.54) is 31.7 Å². The maximum atomic E-state index is 13.6. The Labute approximate surface area is 203 Å². The lowest BCUT2D eigenvalue weighted by Gasteiger charge is -2.12. The number of nitrogens with zero attached hydrogens (tertiary/aromatic N) is 3. The lowest BCUT2D eigenvalue weighted by Crippen LogP contribution is -2.11. The van der Waals surface area contributed by atoms with Crippen molar-refractivity contribution in [3.63, 3.8) is 0 Å². The molecule has 0 spiro atoms. The van der Waals surface area contributed by atoms with Gasteiger partial charge < -0.3 is 5.73 Å². The van der Waals surface area contributed by atoms with Gasteiger partial charge in [0, 0.05) is 22.9 Å².